The molecule has 0 fully saturated rings. The summed E-state index contributed by atoms with van der Waals surface area (Å²) in [7, 11) is -2.65. The van der Waals surface area contributed by atoms with Gasteiger partial charge in [-0.2, -0.15) is 9.97 Å². The standard InChI is InChI=1S/C21H15N10P/c22-30-27-19-24-20(28-31-23)26-21(25-19)29-32(16-10-4-1-5-11-16,17-12-6-2-7-13-17)18-14-8-3-9-15-18/h1-15H. The van der Waals surface area contributed by atoms with Crippen molar-refractivity contribution in [3.63, 3.8) is 0 Å². The Morgan fingerprint density at radius 3 is 1.22 bits per heavy atom. The van der Waals surface area contributed by atoms with Crippen LogP contribution < -0.4 is 15.9 Å². The predicted octanol–water partition coefficient (Wildman–Crippen LogP) is 5.56. The molecule has 0 amide bonds. The van der Waals surface area contributed by atoms with Gasteiger partial charge in [-0.05, 0) is 21.3 Å². The largest absolute Gasteiger partial charge is 0.252 e. The minimum Gasteiger partial charge on any atom is -0.217 e. The first-order valence-corrected chi connectivity index (χ1v) is 11.2. The number of hydrogen-bond acceptors (Lipinski definition) is 6. The molecule has 0 N–H and O–H groups in total. The molecule has 32 heavy (non-hydrogen) atoms. The smallest absolute Gasteiger partial charge is 0.217 e. The van der Waals surface area contributed by atoms with Crippen LogP contribution in [-0.2, 0) is 0 Å². The Morgan fingerprint density at radius 1 is 0.531 bits per heavy atom. The first-order chi connectivity index (χ1) is 15.8. The minimum absolute atomic E-state index is 0.00897. The van der Waals surface area contributed by atoms with E-state index in [1.165, 1.54) is 0 Å². The van der Waals surface area contributed by atoms with Crippen molar-refractivity contribution < 1.29 is 0 Å². The monoisotopic (exact) mass is 438 g/mol. The molecule has 1 heterocycles. The predicted molar refractivity (Wildman–Crippen MR) is 125 cm³/mol. The molecule has 154 valence electrons. The number of benzene rings is 3. The molecule has 4 aromatic rings. The summed E-state index contributed by atoms with van der Waals surface area (Å²) in [6, 6.07) is 29.6. The van der Waals surface area contributed by atoms with E-state index in [1.807, 2.05) is 91.0 Å². The topological polar surface area (TPSA) is 149 Å². The van der Waals surface area contributed by atoms with E-state index in [2.05, 4.69) is 35.0 Å². The van der Waals surface area contributed by atoms with E-state index in [4.69, 9.17) is 15.8 Å². The van der Waals surface area contributed by atoms with Crippen LogP contribution in [0.3, 0.4) is 0 Å². The lowest BCUT2D eigenvalue weighted by atomic mass is 10.4. The fourth-order valence-corrected chi connectivity index (χ4v) is 6.65. The SMILES string of the molecule is [N-]=[N+]=Nc1nc(N=[N+]=[N-])nc(N=P(c2ccccc2)(c2ccccc2)c2ccccc2)n1. The van der Waals surface area contributed by atoms with Gasteiger partial charge in [-0.15, -0.1) is 0 Å². The van der Waals surface area contributed by atoms with Crippen LogP contribution in [-0.4, -0.2) is 15.0 Å². The third kappa shape index (κ3) is 4.19. The van der Waals surface area contributed by atoms with Crippen molar-refractivity contribution in [1.82, 2.24) is 15.0 Å². The summed E-state index contributed by atoms with van der Waals surface area (Å²) in [4.78, 5) is 17.7. The Labute approximate surface area is 183 Å². The van der Waals surface area contributed by atoms with Crippen LogP contribution in [0, 0.1) is 0 Å². The Morgan fingerprint density at radius 2 is 0.875 bits per heavy atom. The quantitative estimate of drug-likeness (QED) is 0.168. The second kappa shape index (κ2) is 9.55. The van der Waals surface area contributed by atoms with Crippen LogP contribution in [0.2, 0.25) is 0 Å². The van der Waals surface area contributed by atoms with Gasteiger partial charge >= 0.3 is 0 Å². The zero-order valence-corrected chi connectivity index (χ0v) is 17.5. The second-order valence-corrected chi connectivity index (χ2v) is 9.38. The van der Waals surface area contributed by atoms with Gasteiger partial charge in [0.25, 0.3) is 5.95 Å². The highest BCUT2D eigenvalue weighted by molar-refractivity contribution is 7.87. The first kappa shape index (κ1) is 20.8. The Bertz CT molecular complexity index is 1240. The van der Waals surface area contributed by atoms with Gasteiger partial charge in [-0.25, -0.2) is 9.73 Å². The fraction of sp³-hybridized carbons (Fsp3) is 0. The highest BCUT2D eigenvalue weighted by atomic mass is 31.2. The number of rotatable bonds is 6. The van der Waals surface area contributed by atoms with Crippen molar-refractivity contribution in [3.8, 4) is 0 Å². The van der Waals surface area contributed by atoms with Crippen molar-refractivity contribution in [1.29, 1.82) is 0 Å². The molecule has 0 saturated heterocycles. The van der Waals surface area contributed by atoms with Gasteiger partial charge in [-0.1, -0.05) is 91.0 Å². The van der Waals surface area contributed by atoms with E-state index in [9.17, 15) is 0 Å². The molecule has 0 atom stereocenters. The molecule has 11 heteroatoms. The van der Waals surface area contributed by atoms with Gasteiger partial charge in [0.2, 0.25) is 11.9 Å². The summed E-state index contributed by atoms with van der Waals surface area (Å²) < 4.78 is 5.07. The molecule has 0 radical (unpaired) electrons. The normalized spacial score (nSPS) is 10.5. The lowest BCUT2D eigenvalue weighted by Gasteiger charge is -2.26. The van der Waals surface area contributed by atoms with Gasteiger partial charge in [0.1, 0.15) is 0 Å². The van der Waals surface area contributed by atoms with Crippen LogP contribution in [0.1, 0.15) is 0 Å². The maximum absolute atomic E-state index is 8.83. The number of aromatic nitrogens is 3. The molecule has 0 aliphatic rings. The molecular weight excluding hydrogens is 423 g/mol. The lowest BCUT2D eigenvalue weighted by molar-refractivity contribution is 1.01. The molecule has 0 unspecified atom stereocenters. The number of nitrogens with zero attached hydrogens (tertiary/aromatic N) is 10. The zero-order chi connectivity index (χ0) is 22.2. The summed E-state index contributed by atoms with van der Waals surface area (Å²) in [6.07, 6.45) is 0. The second-order valence-electron chi connectivity index (χ2n) is 6.36. The van der Waals surface area contributed by atoms with E-state index < -0.39 is 7.05 Å². The molecule has 3 aromatic carbocycles. The van der Waals surface area contributed by atoms with Gasteiger partial charge in [-0.3, -0.25) is 0 Å². The maximum Gasteiger partial charge on any atom is 0.252 e. The van der Waals surface area contributed by atoms with Crippen molar-refractivity contribution >= 4 is 40.8 Å². The van der Waals surface area contributed by atoms with Crippen molar-refractivity contribution in [2.45, 2.75) is 0 Å². The molecule has 10 nitrogen and oxygen atoms in total. The molecule has 1 aromatic heterocycles. The molecular formula is C21H15N10P. The fourth-order valence-electron chi connectivity index (χ4n) is 3.24. The van der Waals surface area contributed by atoms with E-state index >= 15 is 0 Å². The minimum atomic E-state index is -2.65. The summed E-state index contributed by atoms with van der Waals surface area (Å²) in [5, 5.41) is 9.83. The molecule has 0 aliphatic carbocycles. The van der Waals surface area contributed by atoms with Crippen LogP contribution in [0.25, 0.3) is 20.9 Å². The number of azide groups is 2. The third-order valence-corrected chi connectivity index (χ3v) is 8.11. The summed E-state index contributed by atoms with van der Waals surface area (Å²) in [5.41, 5.74) is 17.7. The van der Waals surface area contributed by atoms with Crippen molar-refractivity contribution in [3.05, 3.63) is 112 Å². The average Bonchev–Trinajstić information content (AvgIpc) is 2.84. The van der Waals surface area contributed by atoms with Crippen molar-refractivity contribution in [2.75, 3.05) is 0 Å². The number of hydrogen-bond donors (Lipinski definition) is 0. The summed E-state index contributed by atoms with van der Waals surface area (Å²) in [5.74, 6) is -0.443. The summed E-state index contributed by atoms with van der Waals surface area (Å²) in [6.45, 7) is 0. The van der Waals surface area contributed by atoms with E-state index in [0.29, 0.717) is 0 Å². The molecule has 0 bridgehead atoms. The lowest BCUT2D eigenvalue weighted by Crippen LogP contribution is -2.25. The van der Waals surface area contributed by atoms with Gasteiger partial charge < -0.3 is 0 Å². The maximum atomic E-state index is 8.83. The average molecular weight is 438 g/mol. The molecule has 4 rings (SSSR count). The third-order valence-electron chi connectivity index (χ3n) is 4.50. The molecule has 0 aliphatic heterocycles. The van der Waals surface area contributed by atoms with Gasteiger partial charge in [0.05, 0.1) is 7.05 Å². The Hall–Kier alpha value is -4.48. The first-order valence-electron chi connectivity index (χ1n) is 9.42. The van der Waals surface area contributed by atoms with E-state index in [-0.39, 0.29) is 17.8 Å². The van der Waals surface area contributed by atoms with Crippen LogP contribution in [0.5, 0.6) is 0 Å². The highest BCUT2D eigenvalue weighted by Gasteiger charge is 2.28. The summed E-state index contributed by atoms with van der Waals surface area (Å²) >= 11 is 0. The van der Waals surface area contributed by atoms with Crippen molar-refractivity contribution in [2.24, 2.45) is 15.0 Å². The highest BCUT2D eigenvalue weighted by Crippen LogP contribution is 2.48. The van der Waals surface area contributed by atoms with Crippen LogP contribution in [0.15, 0.2) is 106 Å². The van der Waals surface area contributed by atoms with Crippen LogP contribution in [0.4, 0.5) is 17.8 Å². The van der Waals surface area contributed by atoms with E-state index in [1.54, 1.807) is 0 Å². The Kier molecular flexibility index (Phi) is 6.20. The molecule has 0 saturated carbocycles. The van der Waals surface area contributed by atoms with Crippen LogP contribution >= 0.6 is 7.05 Å². The van der Waals surface area contributed by atoms with Gasteiger partial charge in [0.15, 0.2) is 0 Å². The van der Waals surface area contributed by atoms with E-state index in [0.717, 1.165) is 15.9 Å². The zero-order valence-electron chi connectivity index (χ0n) is 16.6. The Balaban J connectivity index is 2.15. The van der Waals surface area contributed by atoms with Gasteiger partial charge in [0, 0.05) is 25.7 Å². The molecule has 0 spiro atoms.